The van der Waals surface area contributed by atoms with Crippen LogP contribution in [0.5, 0.6) is 5.75 Å². The predicted molar refractivity (Wildman–Crippen MR) is 52.7 cm³/mol. The number of carboxylic acid groups (broad SMARTS) is 1. The van der Waals surface area contributed by atoms with Gasteiger partial charge in [0.1, 0.15) is 5.75 Å². The number of hydrogen-bond donors (Lipinski definition) is 3. The average Bonchev–Trinajstić information content (AvgIpc) is 2.16. The number of aliphatic carboxylic acids is 1. The van der Waals surface area contributed by atoms with Crippen molar-refractivity contribution in [2.75, 3.05) is 0 Å². The van der Waals surface area contributed by atoms with E-state index in [1.165, 1.54) is 12.1 Å². The Morgan fingerprint density at radius 2 is 1.93 bits per heavy atom. The van der Waals surface area contributed by atoms with E-state index in [1.807, 2.05) is 0 Å². The summed E-state index contributed by atoms with van der Waals surface area (Å²) in [7, 11) is 0. The van der Waals surface area contributed by atoms with Gasteiger partial charge in [0, 0.05) is 0 Å². The third-order valence-corrected chi connectivity index (χ3v) is 1.90. The molecule has 80 valence electrons. The zero-order valence-corrected chi connectivity index (χ0v) is 7.88. The van der Waals surface area contributed by atoms with Crippen LogP contribution >= 0.6 is 0 Å². The van der Waals surface area contributed by atoms with Crippen LogP contribution in [0.3, 0.4) is 0 Å². The van der Waals surface area contributed by atoms with Crippen molar-refractivity contribution in [3.8, 4) is 5.75 Å². The van der Waals surface area contributed by atoms with Gasteiger partial charge in [0.2, 0.25) is 0 Å². The van der Waals surface area contributed by atoms with E-state index in [-0.39, 0.29) is 11.3 Å². The fourth-order valence-electron chi connectivity index (χ4n) is 1.16. The highest BCUT2D eigenvalue weighted by Gasteiger charge is 2.20. The first-order valence-corrected chi connectivity index (χ1v) is 4.32. The van der Waals surface area contributed by atoms with E-state index in [4.69, 9.17) is 10.8 Å². The zero-order chi connectivity index (χ0) is 11.4. The van der Waals surface area contributed by atoms with E-state index < -0.39 is 24.2 Å². The highest BCUT2D eigenvalue weighted by Crippen LogP contribution is 2.17. The van der Waals surface area contributed by atoms with Gasteiger partial charge in [-0.3, -0.25) is 9.59 Å². The summed E-state index contributed by atoms with van der Waals surface area (Å²) >= 11 is 0. The Labute approximate surface area is 86.1 Å². The van der Waals surface area contributed by atoms with E-state index >= 15 is 0 Å². The Morgan fingerprint density at radius 1 is 1.33 bits per heavy atom. The second kappa shape index (κ2) is 4.56. The molecule has 0 aliphatic carbocycles. The molecule has 0 aliphatic rings. The molecule has 0 fully saturated rings. The fourth-order valence-corrected chi connectivity index (χ4v) is 1.16. The van der Waals surface area contributed by atoms with Crippen LogP contribution < -0.4 is 5.73 Å². The van der Waals surface area contributed by atoms with E-state index in [0.29, 0.717) is 0 Å². The molecule has 0 saturated heterocycles. The second-order valence-electron chi connectivity index (χ2n) is 3.09. The Morgan fingerprint density at radius 3 is 2.47 bits per heavy atom. The minimum Gasteiger partial charge on any atom is -0.507 e. The standard InChI is InChI=1S/C10H11NO4/c11-7(5-9(13)14)10(15)6-3-1-2-4-8(6)12/h1-4,7,12H,5,11H2,(H,13,14)/t7-/m0/s1. The largest absolute Gasteiger partial charge is 0.507 e. The molecule has 0 amide bonds. The summed E-state index contributed by atoms with van der Waals surface area (Å²) in [5.41, 5.74) is 5.43. The molecule has 0 aliphatic heterocycles. The van der Waals surface area contributed by atoms with Crippen LogP contribution in [0.4, 0.5) is 0 Å². The van der Waals surface area contributed by atoms with Gasteiger partial charge in [0.15, 0.2) is 5.78 Å². The number of benzene rings is 1. The quantitative estimate of drug-likeness (QED) is 0.622. The lowest BCUT2D eigenvalue weighted by Gasteiger charge is -2.08. The van der Waals surface area contributed by atoms with Crippen LogP contribution in [0, 0.1) is 0 Å². The predicted octanol–water partition coefficient (Wildman–Crippen LogP) is 0.377. The Hall–Kier alpha value is -1.88. The summed E-state index contributed by atoms with van der Waals surface area (Å²) in [5.74, 6) is -1.91. The third kappa shape index (κ3) is 2.78. The van der Waals surface area contributed by atoms with Gasteiger partial charge in [-0.2, -0.15) is 0 Å². The molecule has 5 heteroatoms. The molecular weight excluding hydrogens is 198 g/mol. The van der Waals surface area contributed by atoms with Crippen molar-refractivity contribution in [2.45, 2.75) is 12.5 Å². The topological polar surface area (TPSA) is 101 Å². The molecule has 4 N–H and O–H groups in total. The van der Waals surface area contributed by atoms with Crippen molar-refractivity contribution >= 4 is 11.8 Å². The number of carbonyl (C=O) groups is 2. The van der Waals surface area contributed by atoms with Crippen LogP contribution in [0.1, 0.15) is 16.8 Å². The van der Waals surface area contributed by atoms with Crippen molar-refractivity contribution in [1.29, 1.82) is 0 Å². The normalized spacial score (nSPS) is 12.1. The number of Topliss-reactive ketones (excluding diaryl/α,β-unsaturated/α-hetero) is 1. The molecule has 0 aromatic heterocycles. The number of phenols is 1. The van der Waals surface area contributed by atoms with Gasteiger partial charge < -0.3 is 15.9 Å². The molecule has 1 aromatic rings. The SMILES string of the molecule is N[C@@H](CC(=O)O)C(=O)c1ccccc1O. The number of phenolic OH excluding ortho intramolecular Hbond substituents is 1. The van der Waals surface area contributed by atoms with Crippen molar-refractivity contribution in [2.24, 2.45) is 5.73 Å². The minimum atomic E-state index is -1.15. The van der Waals surface area contributed by atoms with Gasteiger partial charge in [-0.15, -0.1) is 0 Å². The molecule has 0 unspecified atom stereocenters. The molecular formula is C10H11NO4. The van der Waals surface area contributed by atoms with E-state index in [2.05, 4.69) is 0 Å². The van der Waals surface area contributed by atoms with Crippen molar-refractivity contribution in [3.05, 3.63) is 29.8 Å². The molecule has 1 rings (SSSR count). The number of para-hydroxylation sites is 1. The van der Waals surface area contributed by atoms with E-state index in [0.717, 1.165) is 0 Å². The molecule has 0 spiro atoms. The minimum absolute atomic E-state index is 0.0475. The van der Waals surface area contributed by atoms with Crippen LogP contribution in [-0.2, 0) is 4.79 Å². The van der Waals surface area contributed by atoms with Gasteiger partial charge in [-0.05, 0) is 12.1 Å². The number of carboxylic acids is 1. The summed E-state index contributed by atoms with van der Waals surface area (Å²) in [6.07, 6.45) is -0.451. The van der Waals surface area contributed by atoms with Crippen molar-refractivity contribution in [3.63, 3.8) is 0 Å². The first-order chi connectivity index (χ1) is 7.02. The average molecular weight is 209 g/mol. The number of carbonyl (C=O) groups excluding carboxylic acids is 1. The highest BCUT2D eigenvalue weighted by atomic mass is 16.4. The van der Waals surface area contributed by atoms with Gasteiger partial charge in [-0.1, -0.05) is 12.1 Å². The summed E-state index contributed by atoms with van der Waals surface area (Å²) in [4.78, 5) is 21.9. The molecule has 0 heterocycles. The first kappa shape index (κ1) is 11.2. The van der Waals surface area contributed by atoms with Crippen molar-refractivity contribution in [1.82, 2.24) is 0 Å². The van der Waals surface area contributed by atoms with Crippen LogP contribution in [-0.4, -0.2) is 28.0 Å². The number of nitrogens with two attached hydrogens (primary N) is 1. The van der Waals surface area contributed by atoms with Crippen LogP contribution in [0.25, 0.3) is 0 Å². The zero-order valence-electron chi connectivity index (χ0n) is 7.88. The third-order valence-electron chi connectivity index (χ3n) is 1.90. The fraction of sp³-hybridized carbons (Fsp3) is 0.200. The summed E-state index contributed by atoms with van der Waals surface area (Å²) in [6.45, 7) is 0. The summed E-state index contributed by atoms with van der Waals surface area (Å²) in [5, 5.41) is 17.8. The molecule has 15 heavy (non-hydrogen) atoms. The number of aromatic hydroxyl groups is 1. The van der Waals surface area contributed by atoms with Gasteiger partial charge in [0.05, 0.1) is 18.0 Å². The van der Waals surface area contributed by atoms with Crippen molar-refractivity contribution < 1.29 is 19.8 Å². The molecule has 5 nitrogen and oxygen atoms in total. The van der Waals surface area contributed by atoms with Crippen LogP contribution in [0.15, 0.2) is 24.3 Å². The number of hydrogen-bond acceptors (Lipinski definition) is 4. The maximum Gasteiger partial charge on any atom is 0.305 e. The Kier molecular flexibility index (Phi) is 3.41. The molecule has 0 bridgehead atoms. The van der Waals surface area contributed by atoms with Gasteiger partial charge in [0.25, 0.3) is 0 Å². The maximum atomic E-state index is 11.6. The summed E-state index contributed by atoms with van der Waals surface area (Å²) in [6, 6.07) is 4.76. The van der Waals surface area contributed by atoms with E-state index in [9.17, 15) is 14.7 Å². The monoisotopic (exact) mass is 209 g/mol. The van der Waals surface area contributed by atoms with Gasteiger partial charge in [-0.25, -0.2) is 0 Å². The molecule has 1 atom stereocenters. The lowest BCUT2D eigenvalue weighted by Crippen LogP contribution is -2.32. The van der Waals surface area contributed by atoms with E-state index in [1.54, 1.807) is 12.1 Å². The molecule has 0 radical (unpaired) electrons. The summed E-state index contributed by atoms with van der Waals surface area (Å²) < 4.78 is 0. The number of ketones is 1. The smallest absolute Gasteiger partial charge is 0.305 e. The molecule has 1 aromatic carbocycles. The first-order valence-electron chi connectivity index (χ1n) is 4.32. The highest BCUT2D eigenvalue weighted by molar-refractivity contribution is 6.03. The maximum absolute atomic E-state index is 11.6. The van der Waals surface area contributed by atoms with Crippen LogP contribution in [0.2, 0.25) is 0 Å². The lowest BCUT2D eigenvalue weighted by molar-refractivity contribution is -0.137. The van der Waals surface area contributed by atoms with Gasteiger partial charge >= 0.3 is 5.97 Å². The lowest BCUT2D eigenvalue weighted by atomic mass is 10.0. The Bertz CT molecular complexity index is 389. The second-order valence-corrected chi connectivity index (χ2v) is 3.09. The molecule has 0 saturated carbocycles. The Balaban J connectivity index is 2.85. The number of rotatable bonds is 4.